The lowest BCUT2D eigenvalue weighted by Crippen LogP contribution is -2.65. The largest absolute Gasteiger partial charge is 0.508 e. The summed E-state index contributed by atoms with van der Waals surface area (Å²) < 4.78 is 0. The number of Topliss-reactive ketones (excluding diaryl/α,β-unsaturated/α-hetero) is 2. The highest BCUT2D eigenvalue weighted by Gasteiger charge is 2.64. The lowest BCUT2D eigenvalue weighted by atomic mass is 9.57. The topological polar surface area (TPSA) is 165 Å². The average molecular weight is 548 g/mol. The van der Waals surface area contributed by atoms with Gasteiger partial charge in [-0.3, -0.25) is 19.3 Å². The molecule has 40 heavy (non-hydrogen) atoms. The third kappa shape index (κ3) is 3.82. The second-order valence-corrected chi connectivity index (χ2v) is 11.3. The van der Waals surface area contributed by atoms with Crippen molar-refractivity contribution in [3.8, 4) is 5.75 Å². The number of carbonyl (C=O) groups is 3. The summed E-state index contributed by atoms with van der Waals surface area (Å²) in [7, 11) is 6.83. The highest BCUT2D eigenvalue weighted by atomic mass is 16.3. The number of primary amides is 1. The van der Waals surface area contributed by atoms with Crippen molar-refractivity contribution < 1.29 is 34.8 Å². The number of aliphatic hydroxyl groups excluding tert-OH is 2. The number of ketones is 2. The Balaban J connectivity index is 1.73. The van der Waals surface area contributed by atoms with Gasteiger partial charge in [0.2, 0.25) is 5.78 Å². The summed E-state index contributed by atoms with van der Waals surface area (Å²) in [6.45, 7) is 0. The van der Waals surface area contributed by atoms with Crippen LogP contribution >= 0.6 is 0 Å². The Labute approximate surface area is 231 Å². The molecule has 0 bridgehead atoms. The molecule has 10 nitrogen and oxygen atoms in total. The number of nitrogens with two attached hydrogens (primary N) is 1. The maximum Gasteiger partial charge on any atom is 0.255 e. The van der Waals surface area contributed by atoms with Gasteiger partial charge in [0.1, 0.15) is 22.8 Å². The number of fused-ring (bicyclic) bond motifs is 3. The number of aromatic hydroxyl groups is 1. The molecule has 0 aliphatic heterocycles. The average Bonchev–Trinajstić information content (AvgIpc) is 2.87. The molecule has 0 saturated heterocycles. The molecule has 4 atom stereocenters. The first kappa shape index (κ1) is 27.4. The first-order valence-corrected chi connectivity index (χ1v) is 13.0. The van der Waals surface area contributed by atoms with Crippen molar-refractivity contribution in [1.29, 1.82) is 0 Å². The fraction of sp³-hybridized carbons (Fsp3) is 0.367. The van der Waals surface area contributed by atoms with Gasteiger partial charge in [0, 0.05) is 43.3 Å². The molecule has 3 aliphatic rings. The molecule has 5 rings (SSSR count). The smallest absolute Gasteiger partial charge is 0.255 e. The van der Waals surface area contributed by atoms with Gasteiger partial charge in [0.15, 0.2) is 11.4 Å². The van der Waals surface area contributed by atoms with Gasteiger partial charge in [0.25, 0.3) is 5.91 Å². The van der Waals surface area contributed by atoms with Crippen LogP contribution in [0.4, 0.5) is 5.69 Å². The number of likely N-dealkylation sites (N-methyl/N-ethyl adjacent to an activating group) is 1. The molecule has 0 aromatic heterocycles. The molecule has 0 radical (unpaired) electrons. The van der Waals surface area contributed by atoms with Gasteiger partial charge in [0.05, 0.1) is 11.6 Å². The minimum Gasteiger partial charge on any atom is -0.508 e. The van der Waals surface area contributed by atoms with Gasteiger partial charge in [-0.05, 0) is 50.0 Å². The zero-order valence-electron chi connectivity index (χ0n) is 22.8. The van der Waals surface area contributed by atoms with E-state index in [1.807, 2.05) is 55.4 Å². The lowest BCUT2D eigenvalue weighted by molar-refractivity contribution is -0.153. The standard InChI is InChI=1S/C30H33N3O7/c1-32(2)19-13-16(10-14-8-6-5-7-9-14)24(34)21-17(19)11-15-12-18-23(33(3)4)26(36)22(29(31)39)28(38)30(18,40)27(37)20(15)25(21)35/h5-9,13,15,18,23,34-35,38,40H,10-12H2,1-4H3,(H2,31,39)/t15-,18-,23-,30-/m0/s1. The maximum absolute atomic E-state index is 14.1. The Morgan fingerprint density at radius 2 is 1.73 bits per heavy atom. The van der Waals surface area contributed by atoms with Gasteiger partial charge >= 0.3 is 0 Å². The third-order valence-corrected chi connectivity index (χ3v) is 8.50. The molecular formula is C30H33N3O7. The van der Waals surface area contributed by atoms with Crippen molar-refractivity contribution in [2.45, 2.75) is 30.9 Å². The van der Waals surface area contributed by atoms with E-state index in [-0.39, 0.29) is 29.7 Å². The fourth-order valence-corrected chi connectivity index (χ4v) is 6.70. The number of rotatable bonds is 5. The normalized spacial score (nSPS) is 26.0. The summed E-state index contributed by atoms with van der Waals surface area (Å²) in [6.07, 6.45) is 0.650. The SMILES string of the molecule is CN(C)c1cc(Cc2ccccc2)c(O)c2c1C[C@H]1C[C@H]3[C@H](N(C)C)C(=O)C(C(N)=O)=C(O)[C@@]3(O)C(=O)C1=C2O. The van der Waals surface area contributed by atoms with E-state index in [2.05, 4.69) is 0 Å². The Hall–Kier alpha value is -4.15. The lowest BCUT2D eigenvalue weighted by Gasteiger charge is -2.50. The molecular weight excluding hydrogens is 514 g/mol. The molecule has 2 aromatic carbocycles. The molecule has 10 heteroatoms. The van der Waals surface area contributed by atoms with Gasteiger partial charge in [-0.1, -0.05) is 30.3 Å². The van der Waals surface area contributed by atoms with E-state index >= 15 is 0 Å². The molecule has 210 valence electrons. The van der Waals surface area contributed by atoms with Crippen LogP contribution in [0.2, 0.25) is 0 Å². The molecule has 1 fully saturated rings. The predicted octanol–water partition coefficient (Wildman–Crippen LogP) is 1.62. The third-order valence-electron chi connectivity index (χ3n) is 8.50. The number of anilines is 1. The molecule has 0 unspecified atom stereocenters. The number of benzene rings is 2. The van der Waals surface area contributed by atoms with E-state index in [1.54, 1.807) is 14.1 Å². The zero-order valence-corrected chi connectivity index (χ0v) is 22.8. The van der Waals surface area contributed by atoms with Gasteiger partial charge in [-0.25, -0.2) is 0 Å². The number of phenolic OH excluding ortho intramolecular Hbond substituents is 1. The van der Waals surface area contributed by atoms with Crippen LogP contribution in [0.15, 0.2) is 53.3 Å². The summed E-state index contributed by atoms with van der Waals surface area (Å²) in [5.74, 6) is -6.57. The fourth-order valence-electron chi connectivity index (χ4n) is 6.70. The van der Waals surface area contributed by atoms with Crippen molar-refractivity contribution in [3.05, 3.63) is 75.6 Å². The van der Waals surface area contributed by atoms with E-state index in [0.29, 0.717) is 17.5 Å². The number of amides is 1. The monoisotopic (exact) mass is 547 g/mol. The van der Waals surface area contributed by atoms with Gasteiger partial charge in [-0.2, -0.15) is 0 Å². The van der Waals surface area contributed by atoms with Crippen molar-refractivity contribution in [2.75, 3.05) is 33.1 Å². The minimum absolute atomic E-state index is 0.0468. The molecule has 0 heterocycles. The Morgan fingerprint density at radius 1 is 1.07 bits per heavy atom. The summed E-state index contributed by atoms with van der Waals surface area (Å²) in [5.41, 5.74) is 4.68. The van der Waals surface area contributed by atoms with Crippen LogP contribution in [-0.2, 0) is 27.2 Å². The predicted molar refractivity (Wildman–Crippen MR) is 148 cm³/mol. The second-order valence-electron chi connectivity index (χ2n) is 11.3. The number of hydrogen-bond acceptors (Lipinski definition) is 9. The van der Waals surface area contributed by atoms with Crippen LogP contribution in [0, 0.1) is 11.8 Å². The number of carbonyl (C=O) groups excluding carboxylic acids is 3. The van der Waals surface area contributed by atoms with Crippen LogP contribution in [-0.4, -0.2) is 82.6 Å². The molecule has 1 amide bonds. The summed E-state index contributed by atoms with van der Waals surface area (Å²) in [4.78, 5) is 42.8. The molecule has 2 aromatic rings. The summed E-state index contributed by atoms with van der Waals surface area (Å²) in [6, 6.07) is 10.2. The van der Waals surface area contributed by atoms with E-state index in [9.17, 15) is 34.8 Å². The van der Waals surface area contributed by atoms with Crippen molar-refractivity contribution in [2.24, 2.45) is 17.6 Å². The maximum atomic E-state index is 14.1. The highest BCUT2D eigenvalue weighted by molar-refractivity contribution is 6.24. The molecule has 3 aliphatic carbocycles. The first-order chi connectivity index (χ1) is 18.8. The van der Waals surface area contributed by atoms with Crippen LogP contribution in [0.1, 0.15) is 28.7 Å². The molecule has 0 spiro atoms. The number of nitrogens with zero attached hydrogens (tertiary/aromatic N) is 2. The number of phenols is 1. The van der Waals surface area contributed by atoms with Crippen molar-refractivity contribution in [1.82, 2.24) is 4.90 Å². The van der Waals surface area contributed by atoms with Crippen LogP contribution in [0.25, 0.3) is 5.76 Å². The summed E-state index contributed by atoms with van der Waals surface area (Å²) in [5, 5.41) is 45.8. The molecule has 1 saturated carbocycles. The van der Waals surface area contributed by atoms with Crippen molar-refractivity contribution in [3.63, 3.8) is 0 Å². The van der Waals surface area contributed by atoms with E-state index < -0.39 is 58.0 Å². The van der Waals surface area contributed by atoms with E-state index in [1.165, 1.54) is 4.90 Å². The Bertz CT molecular complexity index is 1510. The quantitative estimate of drug-likeness (QED) is 0.350. The number of hydrogen-bond donors (Lipinski definition) is 5. The van der Waals surface area contributed by atoms with Crippen molar-refractivity contribution >= 4 is 28.9 Å². The van der Waals surface area contributed by atoms with E-state index in [0.717, 1.165) is 11.3 Å². The Morgan fingerprint density at radius 3 is 2.30 bits per heavy atom. The second kappa shape index (κ2) is 9.50. The van der Waals surface area contributed by atoms with E-state index in [4.69, 9.17) is 5.73 Å². The van der Waals surface area contributed by atoms with Crippen LogP contribution in [0.5, 0.6) is 5.75 Å². The highest BCUT2D eigenvalue weighted by Crippen LogP contribution is 2.54. The first-order valence-electron chi connectivity index (χ1n) is 13.0. The minimum atomic E-state index is -2.66. The van der Waals surface area contributed by atoms with Crippen LogP contribution < -0.4 is 10.6 Å². The molecule has 6 N–H and O–H groups in total. The van der Waals surface area contributed by atoms with Gasteiger partial charge < -0.3 is 31.1 Å². The summed E-state index contributed by atoms with van der Waals surface area (Å²) >= 11 is 0. The Kier molecular flexibility index (Phi) is 6.51. The number of aliphatic hydroxyl groups is 3. The van der Waals surface area contributed by atoms with Crippen LogP contribution in [0.3, 0.4) is 0 Å². The van der Waals surface area contributed by atoms with Gasteiger partial charge in [-0.15, -0.1) is 0 Å². The zero-order chi connectivity index (χ0) is 29.3.